The van der Waals surface area contributed by atoms with E-state index < -0.39 is 0 Å². The van der Waals surface area contributed by atoms with E-state index in [4.69, 9.17) is 5.73 Å². The lowest BCUT2D eigenvalue weighted by atomic mass is 10.0. The number of nitrogens with two attached hydrogens (primary N) is 1. The van der Waals surface area contributed by atoms with Crippen molar-refractivity contribution in [2.24, 2.45) is 5.73 Å². The van der Waals surface area contributed by atoms with Crippen molar-refractivity contribution in [3.63, 3.8) is 0 Å². The molecule has 1 unspecified atom stereocenters. The summed E-state index contributed by atoms with van der Waals surface area (Å²) < 4.78 is 0. The maximum absolute atomic E-state index is 6.30. The minimum Gasteiger partial charge on any atom is -0.323 e. The van der Waals surface area contributed by atoms with Crippen LogP contribution in [0, 0.1) is 6.92 Å². The number of aryl methyl sites for hydroxylation is 2. The monoisotopic (exact) mass is 271 g/mol. The highest BCUT2D eigenvalue weighted by Gasteiger charge is 2.08. The van der Waals surface area contributed by atoms with Crippen LogP contribution in [-0.2, 0) is 6.42 Å². The summed E-state index contributed by atoms with van der Waals surface area (Å²) in [7, 11) is 0. The number of thioether (sulfide) groups is 1. The fraction of sp³-hybridized carbons (Fsp3) is 0.294. The molecule has 0 spiro atoms. The van der Waals surface area contributed by atoms with Crippen molar-refractivity contribution in [3.05, 3.63) is 65.2 Å². The molecule has 0 saturated heterocycles. The third kappa shape index (κ3) is 3.85. The Balaban J connectivity index is 2.01. The quantitative estimate of drug-likeness (QED) is 0.818. The Kier molecular flexibility index (Phi) is 5.06. The smallest absolute Gasteiger partial charge is 0.0390 e. The normalized spacial score (nSPS) is 12.4. The molecule has 19 heavy (non-hydrogen) atoms. The molecular formula is C17H21NS. The van der Waals surface area contributed by atoms with Crippen LogP contribution >= 0.6 is 11.8 Å². The molecule has 2 N–H and O–H groups in total. The molecule has 0 aromatic heterocycles. The number of rotatable bonds is 5. The van der Waals surface area contributed by atoms with Gasteiger partial charge in [0, 0.05) is 16.7 Å². The molecule has 0 aliphatic heterocycles. The highest BCUT2D eigenvalue weighted by molar-refractivity contribution is 7.99. The SMILES string of the molecule is CCc1cccc(C(N)CSc2ccccc2C)c1. The second-order valence-corrected chi connectivity index (χ2v) is 5.84. The van der Waals surface area contributed by atoms with Gasteiger partial charge in [0.15, 0.2) is 0 Å². The van der Waals surface area contributed by atoms with E-state index in [0.29, 0.717) is 0 Å². The lowest BCUT2D eigenvalue weighted by Crippen LogP contribution is -2.13. The molecular weight excluding hydrogens is 250 g/mol. The molecule has 0 heterocycles. The second kappa shape index (κ2) is 6.78. The van der Waals surface area contributed by atoms with Gasteiger partial charge < -0.3 is 5.73 Å². The second-order valence-electron chi connectivity index (χ2n) is 4.78. The van der Waals surface area contributed by atoms with Gasteiger partial charge >= 0.3 is 0 Å². The first-order chi connectivity index (χ1) is 9.20. The topological polar surface area (TPSA) is 26.0 Å². The molecule has 2 heteroatoms. The van der Waals surface area contributed by atoms with Gasteiger partial charge in [0.05, 0.1) is 0 Å². The number of benzene rings is 2. The Bertz CT molecular complexity index is 536. The molecule has 0 saturated carbocycles. The molecule has 0 bridgehead atoms. The van der Waals surface area contributed by atoms with Gasteiger partial charge in [-0.1, -0.05) is 49.4 Å². The molecule has 1 atom stereocenters. The summed E-state index contributed by atoms with van der Waals surface area (Å²) in [5.74, 6) is 0.915. The first-order valence-electron chi connectivity index (χ1n) is 6.73. The molecule has 0 aliphatic rings. The van der Waals surface area contributed by atoms with Crippen molar-refractivity contribution in [3.8, 4) is 0 Å². The largest absolute Gasteiger partial charge is 0.323 e. The van der Waals surface area contributed by atoms with Crippen molar-refractivity contribution >= 4 is 11.8 Å². The highest BCUT2D eigenvalue weighted by atomic mass is 32.2. The minimum absolute atomic E-state index is 0.0936. The Labute approximate surface area is 120 Å². The number of hydrogen-bond donors (Lipinski definition) is 1. The van der Waals surface area contributed by atoms with Gasteiger partial charge in [-0.15, -0.1) is 11.8 Å². The predicted octanol–water partition coefficient (Wildman–Crippen LogP) is 4.35. The predicted molar refractivity (Wildman–Crippen MR) is 84.7 cm³/mol. The summed E-state index contributed by atoms with van der Waals surface area (Å²) in [6.45, 7) is 4.32. The third-order valence-corrected chi connectivity index (χ3v) is 4.59. The zero-order valence-electron chi connectivity index (χ0n) is 11.6. The van der Waals surface area contributed by atoms with Crippen molar-refractivity contribution < 1.29 is 0 Å². The Morgan fingerprint density at radius 3 is 2.63 bits per heavy atom. The molecule has 2 aromatic carbocycles. The van der Waals surface area contributed by atoms with E-state index in [1.807, 2.05) is 11.8 Å². The molecule has 2 aromatic rings. The molecule has 100 valence electrons. The maximum Gasteiger partial charge on any atom is 0.0390 e. The van der Waals surface area contributed by atoms with Crippen LogP contribution in [0.1, 0.15) is 29.7 Å². The van der Waals surface area contributed by atoms with Gasteiger partial charge in [-0.2, -0.15) is 0 Å². The van der Waals surface area contributed by atoms with E-state index in [1.54, 1.807) is 0 Å². The van der Waals surface area contributed by atoms with Gasteiger partial charge in [-0.3, -0.25) is 0 Å². The molecule has 0 amide bonds. The number of hydrogen-bond acceptors (Lipinski definition) is 2. The fourth-order valence-electron chi connectivity index (χ4n) is 2.04. The van der Waals surface area contributed by atoms with Crippen LogP contribution in [0.25, 0.3) is 0 Å². The van der Waals surface area contributed by atoms with Crippen LogP contribution in [0.5, 0.6) is 0 Å². The zero-order chi connectivity index (χ0) is 13.7. The van der Waals surface area contributed by atoms with E-state index in [-0.39, 0.29) is 6.04 Å². The van der Waals surface area contributed by atoms with Gasteiger partial charge in [-0.05, 0) is 36.1 Å². The van der Waals surface area contributed by atoms with Gasteiger partial charge in [0.2, 0.25) is 0 Å². The fourth-order valence-corrected chi connectivity index (χ4v) is 3.06. The first kappa shape index (κ1) is 14.2. The van der Waals surface area contributed by atoms with Crippen LogP contribution in [-0.4, -0.2) is 5.75 Å². The summed E-state index contributed by atoms with van der Waals surface area (Å²) >= 11 is 1.84. The lowest BCUT2D eigenvalue weighted by Gasteiger charge is -2.13. The Morgan fingerprint density at radius 1 is 1.11 bits per heavy atom. The van der Waals surface area contributed by atoms with E-state index in [0.717, 1.165) is 12.2 Å². The lowest BCUT2D eigenvalue weighted by molar-refractivity contribution is 0.828. The van der Waals surface area contributed by atoms with Crippen LogP contribution in [0.2, 0.25) is 0 Å². The van der Waals surface area contributed by atoms with Crippen molar-refractivity contribution in [2.45, 2.75) is 31.2 Å². The summed E-state index contributed by atoms with van der Waals surface area (Å²) in [6, 6.07) is 17.2. The average Bonchev–Trinajstić information content (AvgIpc) is 2.46. The first-order valence-corrected chi connectivity index (χ1v) is 7.72. The Morgan fingerprint density at radius 2 is 1.89 bits per heavy atom. The van der Waals surface area contributed by atoms with Crippen LogP contribution < -0.4 is 5.73 Å². The summed E-state index contributed by atoms with van der Waals surface area (Å²) in [5.41, 5.74) is 10.2. The third-order valence-electron chi connectivity index (χ3n) is 3.30. The minimum atomic E-state index is 0.0936. The van der Waals surface area contributed by atoms with E-state index in [2.05, 4.69) is 62.4 Å². The highest BCUT2D eigenvalue weighted by Crippen LogP contribution is 2.26. The maximum atomic E-state index is 6.30. The molecule has 2 rings (SSSR count). The van der Waals surface area contributed by atoms with Crippen LogP contribution in [0.3, 0.4) is 0 Å². The van der Waals surface area contributed by atoms with Crippen LogP contribution in [0.4, 0.5) is 0 Å². The van der Waals surface area contributed by atoms with Gasteiger partial charge in [-0.25, -0.2) is 0 Å². The van der Waals surface area contributed by atoms with E-state index in [9.17, 15) is 0 Å². The van der Waals surface area contributed by atoms with E-state index >= 15 is 0 Å². The Hall–Kier alpha value is -1.25. The molecule has 1 nitrogen and oxygen atoms in total. The van der Waals surface area contributed by atoms with Gasteiger partial charge in [0.25, 0.3) is 0 Å². The summed E-state index contributed by atoms with van der Waals surface area (Å²) in [6.07, 6.45) is 1.06. The summed E-state index contributed by atoms with van der Waals surface area (Å²) in [5, 5.41) is 0. The van der Waals surface area contributed by atoms with E-state index in [1.165, 1.54) is 21.6 Å². The zero-order valence-corrected chi connectivity index (χ0v) is 12.4. The van der Waals surface area contributed by atoms with Crippen LogP contribution in [0.15, 0.2) is 53.4 Å². The molecule has 0 fully saturated rings. The molecule has 0 radical (unpaired) electrons. The molecule has 0 aliphatic carbocycles. The van der Waals surface area contributed by atoms with Crippen molar-refractivity contribution in [1.82, 2.24) is 0 Å². The summed E-state index contributed by atoms with van der Waals surface area (Å²) in [4.78, 5) is 1.32. The van der Waals surface area contributed by atoms with Crippen molar-refractivity contribution in [2.75, 3.05) is 5.75 Å². The standard InChI is InChI=1S/C17H21NS/c1-3-14-8-6-9-15(11-14)16(18)12-19-17-10-5-4-7-13(17)2/h4-11,16H,3,12,18H2,1-2H3. The van der Waals surface area contributed by atoms with Crippen molar-refractivity contribution in [1.29, 1.82) is 0 Å². The average molecular weight is 271 g/mol. The van der Waals surface area contributed by atoms with Gasteiger partial charge in [0.1, 0.15) is 0 Å².